The third-order valence-electron chi connectivity index (χ3n) is 3.99. The van der Waals surface area contributed by atoms with E-state index in [4.69, 9.17) is 5.73 Å². The molecule has 0 spiro atoms. The molecule has 1 atom stereocenters. The second-order valence-corrected chi connectivity index (χ2v) is 6.80. The number of rotatable bonds is 3. The first-order valence-electron chi connectivity index (χ1n) is 7.32. The van der Waals surface area contributed by atoms with Crippen molar-refractivity contribution < 1.29 is 9.90 Å². The zero-order valence-electron chi connectivity index (χ0n) is 12.4. The average Bonchev–Trinajstić information content (AvgIpc) is 2.84. The lowest BCUT2D eigenvalue weighted by Gasteiger charge is -2.18. The molecule has 0 radical (unpaired) electrons. The van der Waals surface area contributed by atoms with Gasteiger partial charge in [0.05, 0.1) is 5.56 Å². The number of aliphatic imine (C=N–C) groups is 1. The van der Waals surface area contributed by atoms with Crippen molar-refractivity contribution in [3.8, 4) is 5.75 Å². The van der Waals surface area contributed by atoms with Gasteiger partial charge in [-0.25, -0.2) is 4.99 Å². The minimum atomic E-state index is -0.420. The van der Waals surface area contributed by atoms with Gasteiger partial charge in [-0.2, -0.15) is 0 Å². The lowest BCUT2D eigenvalue weighted by atomic mass is 9.87. The van der Waals surface area contributed by atoms with Crippen LogP contribution in [0.5, 0.6) is 5.75 Å². The SMILES string of the molecule is CC1CCc2sc(N=Cc3ccccc3O)c(C(N)=O)c2C1. The number of fused-ring (bicyclic) bond motifs is 1. The molecule has 0 aliphatic heterocycles. The molecule has 1 heterocycles. The molecule has 5 heteroatoms. The molecule has 1 aliphatic rings. The lowest BCUT2D eigenvalue weighted by molar-refractivity contribution is 0.1000. The minimum absolute atomic E-state index is 0.168. The molecule has 1 aliphatic carbocycles. The highest BCUT2D eigenvalue weighted by Gasteiger charge is 2.26. The van der Waals surface area contributed by atoms with Gasteiger partial charge in [0, 0.05) is 16.7 Å². The molecule has 22 heavy (non-hydrogen) atoms. The van der Waals surface area contributed by atoms with Crippen molar-refractivity contribution in [1.82, 2.24) is 0 Å². The fourth-order valence-corrected chi connectivity index (χ4v) is 4.01. The highest BCUT2D eigenvalue weighted by molar-refractivity contribution is 7.16. The summed E-state index contributed by atoms with van der Waals surface area (Å²) in [6.45, 7) is 2.19. The second kappa shape index (κ2) is 5.93. The maximum absolute atomic E-state index is 11.8. The zero-order valence-corrected chi connectivity index (χ0v) is 13.2. The molecule has 3 rings (SSSR count). The van der Waals surface area contributed by atoms with Crippen LogP contribution in [-0.4, -0.2) is 17.2 Å². The number of carbonyl (C=O) groups excluding carboxylic acids is 1. The van der Waals surface area contributed by atoms with E-state index in [1.807, 2.05) is 6.07 Å². The zero-order chi connectivity index (χ0) is 15.7. The number of para-hydroxylation sites is 1. The number of nitrogens with zero attached hydrogens (tertiary/aromatic N) is 1. The van der Waals surface area contributed by atoms with Crippen LogP contribution < -0.4 is 5.73 Å². The third kappa shape index (κ3) is 2.76. The summed E-state index contributed by atoms with van der Waals surface area (Å²) in [6, 6.07) is 6.97. The molecule has 114 valence electrons. The number of primary amides is 1. The van der Waals surface area contributed by atoms with Gasteiger partial charge in [0.1, 0.15) is 10.8 Å². The Morgan fingerprint density at radius 3 is 2.95 bits per heavy atom. The predicted octanol–water partition coefficient (Wildman–Crippen LogP) is 3.43. The topological polar surface area (TPSA) is 75.7 Å². The highest BCUT2D eigenvalue weighted by atomic mass is 32.1. The van der Waals surface area contributed by atoms with Crippen molar-refractivity contribution in [2.75, 3.05) is 0 Å². The van der Waals surface area contributed by atoms with Gasteiger partial charge in [0.25, 0.3) is 5.91 Å². The van der Waals surface area contributed by atoms with Gasteiger partial charge in [-0.3, -0.25) is 4.79 Å². The molecular formula is C17H18N2O2S. The summed E-state index contributed by atoms with van der Waals surface area (Å²) in [6.07, 6.45) is 4.58. The molecule has 3 N–H and O–H groups in total. The summed E-state index contributed by atoms with van der Waals surface area (Å²) in [4.78, 5) is 17.5. The Bertz CT molecular complexity index is 749. The molecule has 4 nitrogen and oxygen atoms in total. The predicted molar refractivity (Wildman–Crippen MR) is 89.4 cm³/mol. The van der Waals surface area contributed by atoms with E-state index in [-0.39, 0.29) is 5.75 Å². The summed E-state index contributed by atoms with van der Waals surface area (Å²) < 4.78 is 0. The molecule has 1 aromatic heterocycles. The van der Waals surface area contributed by atoms with Crippen molar-refractivity contribution >= 4 is 28.5 Å². The van der Waals surface area contributed by atoms with E-state index in [2.05, 4.69) is 11.9 Å². The van der Waals surface area contributed by atoms with Crippen LogP contribution in [0, 0.1) is 5.92 Å². The normalized spacial score (nSPS) is 17.6. The Morgan fingerprint density at radius 1 is 1.45 bits per heavy atom. The Labute approximate surface area is 133 Å². The number of nitrogens with two attached hydrogens (primary N) is 1. The van der Waals surface area contributed by atoms with Crippen LogP contribution >= 0.6 is 11.3 Å². The largest absolute Gasteiger partial charge is 0.507 e. The second-order valence-electron chi connectivity index (χ2n) is 5.71. The van der Waals surface area contributed by atoms with Gasteiger partial charge in [-0.05, 0) is 42.9 Å². The highest BCUT2D eigenvalue weighted by Crippen LogP contribution is 2.40. The Kier molecular flexibility index (Phi) is 3.98. The Balaban J connectivity index is 2.01. The van der Waals surface area contributed by atoms with E-state index in [1.165, 1.54) is 16.2 Å². The van der Waals surface area contributed by atoms with Crippen LogP contribution in [0.3, 0.4) is 0 Å². The maximum Gasteiger partial charge on any atom is 0.252 e. The number of thiophene rings is 1. The van der Waals surface area contributed by atoms with Crippen molar-refractivity contribution in [2.24, 2.45) is 16.6 Å². The summed E-state index contributed by atoms with van der Waals surface area (Å²) >= 11 is 1.54. The average molecular weight is 314 g/mol. The van der Waals surface area contributed by atoms with Gasteiger partial charge in [-0.1, -0.05) is 19.1 Å². The number of hydrogen-bond acceptors (Lipinski definition) is 4. The van der Waals surface area contributed by atoms with Gasteiger partial charge >= 0.3 is 0 Å². The third-order valence-corrected chi connectivity index (χ3v) is 5.19. The number of carbonyl (C=O) groups is 1. The van der Waals surface area contributed by atoms with Crippen molar-refractivity contribution in [1.29, 1.82) is 0 Å². The molecule has 1 amide bonds. The standard InChI is InChI=1S/C17H18N2O2S/c1-10-6-7-14-12(8-10)15(16(18)21)17(22-14)19-9-11-4-2-3-5-13(11)20/h2-5,9-10,20H,6-8H2,1H3,(H2,18,21). The van der Waals surface area contributed by atoms with Crippen LogP contribution in [-0.2, 0) is 12.8 Å². The number of amides is 1. The molecule has 1 unspecified atom stereocenters. The van der Waals surface area contributed by atoms with Gasteiger partial charge in [-0.15, -0.1) is 11.3 Å². The number of benzene rings is 1. The molecular weight excluding hydrogens is 296 g/mol. The van der Waals surface area contributed by atoms with Crippen LogP contribution in [0.15, 0.2) is 29.3 Å². The first-order chi connectivity index (χ1) is 10.6. The summed E-state index contributed by atoms with van der Waals surface area (Å²) in [5.74, 6) is 0.313. The smallest absolute Gasteiger partial charge is 0.252 e. The quantitative estimate of drug-likeness (QED) is 0.852. The first kappa shape index (κ1) is 14.8. The van der Waals surface area contributed by atoms with Gasteiger partial charge in [0.2, 0.25) is 0 Å². The Morgan fingerprint density at radius 2 is 2.23 bits per heavy atom. The molecule has 1 aromatic carbocycles. The monoisotopic (exact) mass is 314 g/mol. The fraction of sp³-hybridized carbons (Fsp3) is 0.294. The number of phenols is 1. The minimum Gasteiger partial charge on any atom is -0.507 e. The van der Waals surface area contributed by atoms with E-state index in [9.17, 15) is 9.90 Å². The number of aromatic hydroxyl groups is 1. The Hall–Kier alpha value is -2.14. The van der Waals surface area contributed by atoms with Crippen molar-refractivity contribution in [3.63, 3.8) is 0 Å². The maximum atomic E-state index is 11.8. The fourth-order valence-electron chi connectivity index (χ4n) is 2.81. The van der Waals surface area contributed by atoms with E-state index in [1.54, 1.807) is 24.4 Å². The first-order valence-corrected chi connectivity index (χ1v) is 8.14. The van der Waals surface area contributed by atoms with E-state index in [0.29, 0.717) is 22.0 Å². The number of hydrogen-bond donors (Lipinski definition) is 2. The van der Waals surface area contributed by atoms with Crippen LogP contribution in [0.4, 0.5) is 5.00 Å². The molecule has 0 saturated carbocycles. The van der Waals surface area contributed by atoms with Gasteiger partial charge < -0.3 is 10.8 Å². The van der Waals surface area contributed by atoms with E-state index < -0.39 is 5.91 Å². The van der Waals surface area contributed by atoms with Crippen molar-refractivity contribution in [3.05, 3.63) is 45.8 Å². The summed E-state index contributed by atoms with van der Waals surface area (Å²) in [7, 11) is 0. The lowest BCUT2D eigenvalue weighted by Crippen LogP contribution is -2.17. The molecule has 0 fully saturated rings. The van der Waals surface area contributed by atoms with E-state index in [0.717, 1.165) is 24.8 Å². The van der Waals surface area contributed by atoms with Crippen LogP contribution in [0.2, 0.25) is 0 Å². The number of phenolic OH excluding ortho intramolecular Hbond substituents is 1. The van der Waals surface area contributed by atoms with Crippen LogP contribution in [0.1, 0.15) is 39.7 Å². The van der Waals surface area contributed by atoms with Crippen molar-refractivity contribution in [2.45, 2.75) is 26.2 Å². The molecule has 0 saturated heterocycles. The summed E-state index contributed by atoms with van der Waals surface area (Å²) in [5.41, 5.74) is 7.82. The number of aryl methyl sites for hydroxylation is 1. The van der Waals surface area contributed by atoms with Gasteiger partial charge in [0.15, 0.2) is 0 Å². The molecule has 0 bridgehead atoms. The van der Waals surface area contributed by atoms with E-state index >= 15 is 0 Å². The summed E-state index contributed by atoms with van der Waals surface area (Å²) in [5, 5.41) is 10.4. The molecule has 2 aromatic rings. The van der Waals surface area contributed by atoms with Crippen LogP contribution in [0.25, 0.3) is 0 Å².